The van der Waals surface area contributed by atoms with Gasteiger partial charge in [-0.05, 0) is 47.5 Å². The summed E-state index contributed by atoms with van der Waals surface area (Å²) in [4.78, 5) is 13.8. The van der Waals surface area contributed by atoms with Crippen LogP contribution in [0, 0.1) is 0 Å². The van der Waals surface area contributed by atoms with Crippen LogP contribution in [-0.2, 0) is 14.6 Å². The third-order valence-electron chi connectivity index (χ3n) is 3.89. The maximum atomic E-state index is 12.1. The van der Waals surface area contributed by atoms with Crippen molar-refractivity contribution < 1.29 is 17.9 Å². The highest BCUT2D eigenvalue weighted by Gasteiger charge is 2.32. The fourth-order valence-corrected chi connectivity index (χ4v) is 2.50. The number of piperidine rings is 1. The molecule has 0 aromatic heterocycles. The molecule has 1 aliphatic rings. The molecule has 7 heteroatoms. The predicted molar refractivity (Wildman–Crippen MR) is 87.8 cm³/mol. The molecule has 0 saturated carbocycles. The second-order valence-electron chi connectivity index (χ2n) is 7.68. The molecule has 1 unspecified atom stereocenters. The van der Waals surface area contributed by atoms with Gasteiger partial charge in [-0.25, -0.2) is 13.2 Å². The quantitative estimate of drug-likeness (QED) is 0.848. The van der Waals surface area contributed by atoms with E-state index in [0.29, 0.717) is 19.6 Å². The molecule has 0 aliphatic carbocycles. The Morgan fingerprint density at radius 2 is 1.86 bits per heavy atom. The van der Waals surface area contributed by atoms with Crippen LogP contribution in [0.5, 0.6) is 0 Å². The number of likely N-dealkylation sites (tertiary alicyclic amines) is 1. The number of nitrogens with zero attached hydrogens (tertiary/aromatic N) is 1. The molecule has 0 radical (unpaired) electrons. The van der Waals surface area contributed by atoms with E-state index in [0.717, 1.165) is 12.8 Å². The van der Waals surface area contributed by atoms with E-state index in [4.69, 9.17) is 4.74 Å². The molecule has 1 heterocycles. The minimum atomic E-state index is -3.12. The molecule has 1 aliphatic heterocycles. The molecule has 0 bridgehead atoms. The lowest BCUT2D eigenvalue weighted by molar-refractivity contribution is 0.0187. The van der Waals surface area contributed by atoms with Crippen LogP contribution in [0.3, 0.4) is 0 Å². The minimum Gasteiger partial charge on any atom is -0.444 e. The topological polar surface area (TPSA) is 75.7 Å². The van der Waals surface area contributed by atoms with Gasteiger partial charge in [0.2, 0.25) is 0 Å². The fraction of sp³-hybridized carbons (Fsp3) is 0.933. The number of nitrogens with one attached hydrogen (secondary N) is 1. The number of hydrogen-bond donors (Lipinski definition) is 1. The van der Waals surface area contributed by atoms with Crippen LogP contribution in [0.15, 0.2) is 0 Å². The summed E-state index contributed by atoms with van der Waals surface area (Å²) in [5, 5.41) is 3.29. The molecular formula is C15H30N2O4S. The summed E-state index contributed by atoms with van der Waals surface area (Å²) in [7, 11) is -3.12. The van der Waals surface area contributed by atoms with Gasteiger partial charge in [0, 0.05) is 31.9 Å². The summed E-state index contributed by atoms with van der Waals surface area (Å²) in [6, 6.07) is 0.0993. The second kappa shape index (κ2) is 6.74. The summed E-state index contributed by atoms with van der Waals surface area (Å²) >= 11 is 0. The molecule has 22 heavy (non-hydrogen) atoms. The SMILES string of the molecule is CC(C)(C)OC(=O)N1CCCC(NCC(C)(C)S(C)(=O)=O)C1. The third-order valence-corrected chi connectivity index (χ3v) is 6.05. The van der Waals surface area contributed by atoms with Crippen LogP contribution in [0.4, 0.5) is 4.79 Å². The van der Waals surface area contributed by atoms with Gasteiger partial charge < -0.3 is 15.0 Å². The Morgan fingerprint density at radius 1 is 1.27 bits per heavy atom. The van der Waals surface area contributed by atoms with Gasteiger partial charge in [-0.2, -0.15) is 0 Å². The Kier molecular flexibility index (Phi) is 5.89. The van der Waals surface area contributed by atoms with Crippen LogP contribution in [0.2, 0.25) is 0 Å². The summed E-state index contributed by atoms with van der Waals surface area (Å²) in [6.45, 7) is 10.6. The number of carbonyl (C=O) groups excluding carboxylic acids is 1. The monoisotopic (exact) mass is 334 g/mol. The maximum absolute atomic E-state index is 12.1. The average molecular weight is 334 g/mol. The summed E-state index contributed by atoms with van der Waals surface area (Å²) in [5.74, 6) is 0. The maximum Gasteiger partial charge on any atom is 0.410 e. The first-order valence-corrected chi connectivity index (χ1v) is 9.62. The van der Waals surface area contributed by atoms with Crippen molar-refractivity contribution >= 4 is 15.9 Å². The molecule has 0 aromatic rings. The Morgan fingerprint density at radius 3 is 2.36 bits per heavy atom. The van der Waals surface area contributed by atoms with Crippen molar-refractivity contribution in [3.8, 4) is 0 Å². The van der Waals surface area contributed by atoms with Crippen LogP contribution in [0.1, 0.15) is 47.5 Å². The molecule has 0 aromatic carbocycles. The molecule has 1 fully saturated rings. The van der Waals surface area contributed by atoms with Crippen LogP contribution < -0.4 is 5.32 Å². The van der Waals surface area contributed by atoms with E-state index in [9.17, 15) is 13.2 Å². The highest BCUT2D eigenvalue weighted by atomic mass is 32.2. The highest BCUT2D eigenvalue weighted by Crippen LogP contribution is 2.18. The number of sulfone groups is 1. The number of carbonyl (C=O) groups is 1. The van der Waals surface area contributed by atoms with Gasteiger partial charge >= 0.3 is 6.09 Å². The van der Waals surface area contributed by atoms with Crippen molar-refractivity contribution in [1.82, 2.24) is 10.2 Å². The second-order valence-corrected chi connectivity index (χ2v) is 10.3. The fourth-order valence-electron chi connectivity index (χ4n) is 2.16. The van der Waals surface area contributed by atoms with Crippen molar-refractivity contribution in [2.45, 2.75) is 63.9 Å². The molecular weight excluding hydrogens is 304 g/mol. The Labute approximate surface area is 134 Å². The van der Waals surface area contributed by atoms with Gasteiger partial charge in [0.25, 0.3) is 0 Å². The lowest BCUT2D eigenvalue weighted by Gasteiger charge is -2.35. The zero-order chi connectivity index (χ0) is 17.2. The molecule has 6 nitrogen and oxygen atoms in total. The van der Waals surface area contributed by atoms with Crippen LogP contribution in [-0.4, -0.2) is 61.7 Å². The zero-order valence-corrected chi connectivity index (χ0v) is 15.4. The molecule has 1 rings (SSSR count). The lowest BCUT2D eigenvalue weighted by atomic mass is 10.1. The first-order valence-electron chi connectivity index (χ1n) is 7.73. The normalized spacial score (nSPS) is 20.8. The van der Waals surface area contributed by atoms with Gasteiger partial charge in [-0.3, -0.25) is 0 Å². The first kappa shape index (κ1) is 19.2. The van der Waals surface area contributed by atoms with E-state index < -0.39 is 20.2 Å². The van der Waals surface area contributed by atoms with E-state index >= 15 is 0 Å². The Balaban J connectivity index is 2.56. The summed E-state index contributed by atoms with van der Waals surface area (Å²) in [6.07, 6.45) is 2.76. The number of rotatable bonds is 4. The molecule has 1 saturated heterocycles. The zero-order valence-electron chi connectivity index (χ0n) is 14.6. The summed E-state index contributed by atoms with van der Waals surface area (Å²) in [5.41, 5.74) is -0.504. The van der Waals surface area contributed by atoms with Gasteiger partial charge in [-0.1, -0.05) is 0 Å². The van der Waals surface area contributed by atoms with Crippen LogP contribution in [0.25, 0.3) is 0 Å². The van der Waals surface area contributed by atoms with Gasteiger partial charge in [0.1, 0.15) is 5.60 Å². The van der Waals surface area contributed by atoms with Crippen molar-refractivity contribution in [3.05, 3.63) is 0 Å². The van der Waals surface area contributed by atoms with E-state index in [1.54, 1.807) is 18.7 Å². The van der Waals surface area contributed by atoms with Gasteiger partial charge in [-0.15, -0.1) is 0 Å². The van der Waals surface area contributed by atoms with Crippen molar-refractivity contribution in [3.63, 3.8) is 0 Å². The predicted octanol–water partition coefficient (Wildman–Crippen LogP) is 1.80. The van der Waals surface area contributed by atoms with E-state index in [-0.39, 0.29) is 12.1 Å². The van der Waals surface area contributed by atoms with Gasteiger partial charge in [0.15, 0.2) is 9.84 Å². The van der Waals surface area contributed by atoms with E-state index in [2.05, 4.69) is 5.32 Å². The standard InChI is InChI=1S/C15H30N2O4S/c1-14(2,3)21-13(18)17-9-7-8-12(10-17)16-11-15(4,5)22(6,19)20/h12,16H,7-11H2,1-6H3. The van der Waals surface area contributed by atoms with Crippen molar-refractivity contribution in [1.29, 1.82) is 0 Å². The molecule has 0 spiro atoms. The number of hydrogen-bond acceptors (Lipinski definition) is 5. The van der Waals surface area contributed by atoms with E-state index in [1.165, 1.54) is 6.26 Å². The largest absolute Gasteiger partial charge is 0.444 e. The van der Waals surface area contributed by atoms with E-state index in [1.807, 2.05) is 20.8 Å². The van der Waals surface area contributed by atoms with Crippen molar-refractivity contribution in [2.75, 3.05) is 25.9 Å². The average Bonchev–Trinajstić information content (AvgIpc) is 2.33. The highest BCUT2D eigenvalue weighted by molar-refractivity contribution is 7.92. The lowest BCUT2D eigenvalue weighted by Crippen LogP contribution is -2.52. The third kappa shape index (κ3) is 5.76. The Hall–Kier alpha value is -0.820. The number of amides is 1. The number of ether oxygens (including phenoxy) is 1. The molecule has 1 N–H and O–H groups in total. The minimum absolute atomic E-state index is 0.0993. The van der Waals surface area contributed by atoms with Crippen LogP contribution >= 0.6 is 0 Å². The molecule has 130 valence electrons. The van der Waals surface area contributed by atoms with Gasteiger partial charge in [0.05, 0.1) is 4.75 Å². The first-order chi connectivity index (χ1) is 9.82. The molecule has 1 atom stereocenters. The molecule has 1 amide bonds. The summed E-state index contributed by atoms with van der Waals surface area (Å²) < 4.78 is 28.0. The smallest absolute Gasteiger partial charge is 0.410 e. The van der Waals surface area contributed by atoms with Crippen molar-refractivity contribution in [2.24, 2.45) is 0 Å². The Bertz CT molecular complexity index is 494.